The summed E-state index contributed by atoms with van der Waals surface area (Å²) in [5, 5.41) is 10.4. The van der Waals surface area contributed by atoms with Crippen molar-refractivity contribution in [3.05, 3.63) is 34.8 Å². The van der Waals surface area contributed by atoms with Crippen molar-refractivity contribution in [2.24, 2.45) is 0 Å². The van der Waals surface area contributed by atoms with Gasteiger partial charge in [-0.25, -0.2) is 0 Å². The fourth-order valence-electron chi connectivity index (χ4n) is 1.51. The third-order valence-electron chi connectivity index (χ3n) is 2.35. The number of aromatic amines is 1. The first-order valence-corrected chi connectivity index (χ1v) is 6.13. The van der Waals surface area contributed by atoms with Crippen LogP contribution in [0.5, 0.6) is 0 Å². The van der Waals surface area contributed by atoms with Crippen molar-refractivity contribution in [1.29, 1.82) is 0 Å². The molecule has 0 aliphatic carbocycles. The van der Waals surface area contributed by atoms with E-state index in [1.54, 1.807) is 7.11 Å². The summed E-state index contributed by atoms with van der Waals surface area (Å²) in [6.07, 6.45) is 0. The van der Waals surface area contributed by atoms with Crippen LogP contribution in [0.15, 0.2) is 34.8 Å². The van der Waals surface area contributed by atoms with E-state index in [9.17, 15) is 0 Å². The topological polar surface area (TPSA) is 49.9 Å². The van der Waals surface area contributed by atoms with Crippen LogP contribution < -0.4 is 5.32 Å². The fourth-order valence-corrected chi connectivity index (χ4v) is 2.01. The van der Waals surface area contributed by atoms with Crippen molar-refractivity contribution in [3.63, 3.8) is 0 Å². The molecule has 1 aromatic carbocycles. The average Bonchev–Trinajstić information content (AvgIpc) is 2.79. The second kappa shape index (κ2) is 5.84. The second-order valence-electron chi connectivity index (χ2n) is 3.57. The molecule has 0 fully saturated rings. The molecule has 0 unspecified atom stereocenters. The number of nitrogens with one attached hydrogen (secondary N) is 2. The van der Waals surface area contributed by atoms with E-state index in [0.29, 0.717) is 6.61 Å². The van der Waals surface area contributed by atoms with Gasteiger partial charge in [-0.3, -0.25) is 5.10 Å². The normalized spacial score (nSPS) is 10.5. The average molecular weight is 296 g/mol. The number of anilines is 1. The van der Waals surface area contributed by atoms with Gasteiger partial charge in [-0.05, 0) is 6.07 Å². The highest BCUT2D eigenvalue weighted by Crippen LogP contribution is 2.27. The van der Waals surface area contributed by atoms with Crippen molar-refractivity contribution >= 4 is 21.7 Å². The van der Waals surface area contributed by atoms with Gasteiger partial charge in [-0.2, -0.15) is 5.10 Å². The van der Waals surface area contributed by atoms with Crippen LogP contribution >= 0.6 is 15.9 Å². The van der Waals surface area contributed by atoms with Crippen molar-refractivity contribution in [2.75, 3.05) is 25.6 Å². The Balaban J connectivity index is 2.10. The zero-order valence-corrected chi connectivity index (χ0v) is 11.1. The zero-order valence-electron chi connectivity index (χ0n) is 9.53. The third kappa shape index (κ3) is 3.08. The highest BCUT2D eigenvalue weighted by molar-refractivity contribution is 9.10. The molecular weight excluding hydrogens is 282 g/mol. The lowest BCUT2D eigenvalue weighted by Crippen LogP contribution is -2.07. The molecule has 90 valence electrons. The molecule has 2 N–H and O–H groups in total. The van der Waals surface area contributed by atoms with Crippen LogP contribution in [0.4, 0.5) is 5.82 Å². The van der Waals surface area contributed by atoms with Crippen LogP contribution in [0.1, 0.15) is 0 Å². The van der Waals surface area contributed by atoms with Gasteiger partial charge in [0, 0.05) is 29.8 Å². The lowest BCUT2D eigenvalue weighted by molar-refractivity contribution is 0.210. The highest BCUT2D eigenvalue weighted by Gasteiger charge is 2.05. The first-order chi connectivity index (χ1) is 8.31. The Morgan fingerprint density at radius 2 is 2.24 bits per heavy atom. The molecule has 5 heteroatoms. The van der Waals surface area contributed by atoms with E-state index in [-0.39, 0.29) is 0 Å². The summed E-state index contributed by atoms with van der Waals surface area (Å²) in [5.41, 5.74) is 2.08. The monoisotopic (exact) mass is 295 g/mol. The number of aromatic nitrogens is 2. The first-order valence-electron chi connectivity index (χ1n) is 5.34. The zero-order chi connectivity index (χ0) is 12.1. The maximum Gasteiger partial charge on any atom is 0.148 e. The first kappa shape index (κ1) is 12.1. The number of nitrogens with zero attached hydrogens (tertiary/aromatic N) is 1. The molecule has 17 heavy (non-hydrogen) atoms. The van der Waals surface area contributed by atoms with Gasteiger partial charge in [-0.15, -0.1) is 0 Å². The molecule has 0 saturated carbocycles. The van der Waals surface area contributed by atoms with Crippen LogP contribution in [0, 0.1) is 0 Å². The van der Waals surface area contributed by atoms with Gasteiger partial charge in [0.25, 0.3) is 0 Å². The summed E-state index contributed by atoms with van der Waals surface area (Å²) in [6.45, 7) is 1.41. The Kier molecular flexibility index (Phi) is 4.17. The Morgan fingerprint density at radius 3 is 3.00 bits per heavy atom. The highest BCUT2D eigenvalue weighted by atomic mass is 79.9. The van der Waals surface area contributed by atoms with Crippen molar-refractivity contribution in [2.45, 2.75) is 0 Å². The van der Waals surface area contributed by atoms with Gasteiger partial charge in [0.05, 0.1) is 12.3 Å². The minimum absolute atomic E-state index is 0.664. The molecular formula is C12H14BrN3O. The summed E-state index contributed by atoms with van der Waals surface area (Å²) < 4.78 is 6.01. The maximum atomic E-state index is 4.97. The number of methoxy groups -OCH3 is 1. The minimum atomic E-state index is 0.664. The third-order valence-corrected chi connectivity index (χ3v) is 3.05. The summed E-state index contributed by atoms with van der Waals surface area (Å²) in [7, 11) is 1.68. The van der Waals surface area contributed by atoms with Gasteiger partial charge in [0.1, 0.15) is 5.82 Å². The van der Waals surface area contributed by atoms with E-state index >= 15 is 0 Å². The predicted octanol–water partition coefficient (Wildman–Crippen LogP) is 2.90. The van der Waals surface area contributed by atoms with Crippen molar-refractivity contribution in [3.8, 4) is 11.3 Å². The van der Waals surface area contributed by atoms with E-state index in [1.807, 2.05) is 30.3 Å². The second-order valence-corrected chi connectivity index (χ2v) is 4.42. The molecule has 0 saturated heterocycles. The van der Waals surface area contributed by atoms with E-state index in [1.165, 1.54) is 0 Å². The molecule has 2 aromatic rings. The molecule has 0 radical (unpaired) electrons. The lowest BCUT2D eigenvalue weighted by atomic mass is 10.1. The van der Waals surface area contributed by atoms with Crippen LogP contribution in [-0.2, 0) is 4.74 Å². The molecule has 1 aromatic heterocycles. The van der Waals surface area contributed by atoms with Crippen LogP contribution in [0.3, 0.4) is 0 Å². The SMILES string of the molecule is COCCNc1cc(-c2ccccc2Br)[nH]n1. The lowest BCUT2D eigenvalue weighted by Gasteiger charge is -2.00. The van der Waals surface area contributed by atoms with Crippen molar-refractivity contribution in [1.82, 2.24) is 10.2 Å². The van der Waals surface area contributed by atoms with Gasteiger partial charge in [0.15, 0.2) is 0 Å². The Morgan fingerprint density at radius 1 is 1.41 bits per heavy atom. The molecule has 0 bridgehead atoms. The Bertz CT molecular complexity index is 484. The van der Waals surface area contributed by atoms with E-state index < -0.39 is 0 Å². The summed E-state index contributed by atoms with van der Waals surface area (Å²) >= 11 is 3.52. The predicted molar refractivity (Wildman–Crippen MR) is 72.1 cm³/mol. The largest absolute Gasteiger partial charge is 0.383 e. The molecule has 2 rings (SSSR count). The van der Waals surface area contributed by atoms with Gasteiger partial charge < -0.3 is 10.1 Å². The number of rotatable bonds is 5. The Labute approximate surface area is 109 Å². The standard InChI is InChI=1S/C12H14BrN3O/c1-17-7-6-14-12-8-11(15-16-12)9-4-2-3-5-10(9)13/h2-5,8H,6-7H2,1H3,(H2,14,15,16). The molecule has 0 atom stereocenters. The number of benzene rings is 1. The van der Waals surface area contributed by atoms with E-state index in [0.717, 1.165) is 28.1 Å². The summed E-state index contributed by atoms with van der Waals surface area (Å²) in [6, 6.07) is 10.0. The Hall–Kier alpha value is -1.33. The number of H-pyrrole nitrogens is 1. The van der Waals surface area contributed by atoms with Crippen LogP contribution in [0.2, 0.25) is 0 Å². The number of hydrogen-bond acceptors (Lipinski definition) is 3. The molecule has 0 aliphatic rings. The van der Waals surface area contributed by atoms with E-state index in [4.69, 9.17) is 4.74 Å². The number of ether oxygens (including phenoxy) is 1. The van der Waals surface area contributed by atoms with Gasteiger partial charge in [-0.1, -0.05) is 34.1 Å². The summed E-state index contributed by atoms with van der Waals surface area (Å²) in [4.78, 5) is 0. The van der Waals surface area contributed by atoms with Crippen molar-refractivity contribution < 1.29 is 4.74 Å². The van der Waals surface area contributed by atoms with E-state index in [2.05, 4.69) is 31.4 Å². The maximum absolute atomic E-state index is 4.97. The number of hydrogen-bond donors (Lipinski definition) is 2. The minimum Gasteiger partial charge on any atom is -0.383 e. The van der Waals surface area contributed by atoms with Gasteiger partial charge >= 0.3 is 0 Å². The summed E-state index contributed by atoms with van der Waals surface area (Å²) in [5.74, 6) is 0.827. The molecule has 1 heterocycles. The van der Waals surface area contributed by atoms with Crippen LogP contribution in [0.25, 0.3) is 11.3 Å². The molecule has 0 spiro atoms. The quantitative estimate of drug-likeness (QED) is 0.834. The number of halogens is 1. The molecule has 0 aliphatic heterocycles. The molecule has 4 nitrogen and oxygen atoms in total. The molecule has 0 amide bonds. The smallest absolute Gasteiger partial charge is 0.148 e. The fraction of sp³-hybridized carbons (Fsp3) is 0.250. The van der Waals surface area contributed by atoms with Gasteiger partial charge in [0.2, 0.25) is 0 Å². The van der Waals surface area contributed by atoms with Crippen LogP contribution in [-0.4, -0.2) is 30.5 Å².